The maximum absolute atomic E-state index is 11.9. The molecule has 0 atom stereocenters. The molecule has 3 heteroatoms. The van der Waals surface area contributed by atoms with E-state index in [9.17, 15) is 4.79 Å². The van der Waals surface area contributed by atoms with Crippen molar-refractivity contribution in [2.75, 3.05) is 0 Å². The Labute approximate surface area is 106 Å². The molecule has 100 valence electrons. The maximum Gasteiger partial charge on any atom is 0.237 e. The minimum Gasteiger partial charge on any atom is -0.291 e. The molecule has 0 heterocycles. The number of rotatable bonds is 5. The molecule has 0 aromatic carbocycles. The highest BCUT2D eigenvalue weighted by atomic mass is 16.2. The van der Waals surface area contributed by atoms with Crippen LogP contribution in [0.5, 0.6) is 0 Å². The summed E-state index contributed by atoms with van der Waals surface area (Å²) < 4.78 is 0. The summed E-state index contributed by atoms with van der Waals surface area (Å²) in [4.78, 5) is 11.9. The summed E-state index contributed by atoms with van der Waals surface area (Å²) >= 11 is 0. The molecule has 0 saturated heterocycles. The van der Waals surface area contributed by atoms with Crippen LogP contribution in [0.3, 0.4) is 0 Å². The van der Waals surface area contributed by atoms with E-state index in [4.69, 9.17) is 0 Å². The molecule has 1 saturated carbocycles. The Balaban J connectivity index is 2.24. The van der Waals surface area contributed by atoms with Crippen molar-refractivity contribution >= 4 is 5.91 Å². The van der Waals surface area contributed by atoms with Gasteiger partial charge in [0.2, 0.25) is 5.91 Å². The summed E-state index contributed by atoms with van der Waals surface area (Å²) in [5.74, 6) is 2.04. The van der Waals surface area contributed by atoms with E-state index in [1.54, 1.807) is 0 Å². The number of amides is 1. The maximum atomic E-state index is 11.9. The van der Waals surface area contributed by atoms with Crippen LogP contribution in [-0.4, -0.2) is 11.9 Å². The molecule has 1 fully saturated rings. The molecule has 0 radical (unpaired) electrons. The number of nitrogens with one attached hydrogen (secondary N) is 2. The van der Waals surface area contributed by atoms with Crippen LogP contribution in [0.15, 0.2) is 0 Å². The quantitative estimate of drug-likeness (QED) is 0.726. The molecule has 0 aliphatic heterocycles. The Morgan fingerprint density at radius 1 is 1.12 bits per heavy atom. The lowest BCUT2D eigenvalue weighted by molar-refractivity contribution is -0.127. The van der Waals surface area contributed by atoms with E-state index < -0.39 is 0 Å². The lowest BCUT2D eigenvalue weighted by atomic mass is 9.78. The Kier molecular flexibility index (Phi) is 5.96. The van der Waals surface area contributed by atoms with Gasteiger partial charge in [-0.1, -0.05) is 13.8 Å². The predicted molar refractivity (Wildman–Crippen MR) is 71.3 cm³/mol. The molecular weight excluding hydrogens is 212 g/mol. The average Bonchev–Trinajstić information content (AvgIpc) is 2.26. The summed E-state index contributed by atoms with van der Waals surface area (Å²) in [6.45, 7) is 8.62. The molecule has 1 aliphatic carbocycles. The number of carbonyl (C=O) groups excluding carboxylic acids is 1. The van der Waals surface area contributed by atoms with Gasteiger partial charge in [-0.15, -0.1) is 0 Å². The van der Waals surface area contributed by atoms with Crippen molar-refractivity contribution in [2.24, 2.45) is 17.8 Å². The normalized spacial score (nSPS) is 25.3. The van der Waals surface area contributed by atoms with Gasteiger partial charge >= 0.3 is 0 Å². The Bertz CT molecular complexity index is 230. The van der Waals surface area contributed by atoms with Crippen molar-refractivity contribution in [3.05, 3.63) is 0 Å². The van der Waals surface area contributed by atoms with E-state index in [0.29, 0.717) is 6.04 Å². The molecule has 0 spiro atoms. The van der Waals surface area contributed by atoms with Crippen LogP contribution in [-0.2, 0) is 4.79 Å². The molecule has 3 nitrogen and oxygen atoms in total. The van der Waals surface area contributed by atoms with Crippen molar-refractivity contribution in [2.45, 2.75) is 65.8 Å². The zero-order valence-electron chi connectivity index (χ0n) is 11.8. The summed E-state index contributed by atoms with van der Waals surface area (Å²) in [5.41, 5.74) is 5.80. The monoisotopic (exact) mass is 240 g/mol. The van der Waals surface area contributed by atoms with Crippen LogP contribution in [0.2, 0.25) is 0 Å². The summed E-state index contributed by atoms with van der Waals surface area (Å²) in [7, 11) is 0. The number of hydrogen-bond donors (Lipinski definition) is 2. The number of hydrazine groups is 1. The molecule has 0 aromatic rings. The van der Waals surface area contributed by atoms with E-state index in [1.165, 1.54) is 19.3 Å². The molecule has 2 N–H and O–H groups in total. The topological polar surface area (TPSA) is 41.1 Å². The van der Waals surface area contributed by atoms with Gasteiger partial charge in [0.25, 0.3) is 0 Å². The molecule has 1 aliphatic rings. The zero-order valence-corrected chi connectivity index (χ0v) is 11.8. The first kappa shape index (κ1) is 14.5. The second-order valence-electron chi connectivity index (χ2n) is 6.14. The SMILES string of the molecule is CC(C)CC1CCC(C(=O)NNC(C)C)CC1. The van der Waals surface area contributed by atoms with Gasteiger partial charge in [0, 0.05) is 12.0 Å². The Morgan fingerprint density at radius 2 is 1.71 bits per heavy atom. The van der Waals surface area contributed by atoms with E-state index in [0.717, 1.165) is 24.7 Å². The van der Waals surface area contributed by atoms with Crippen molar-refractivity contribution in [1.29, 1.82) is 0 Å². The molecular formula is C14H28N2O. The second-order valence-corrected chi connectivity index (χ2v) is 6.14. The van der Waals surface area contributed by atoms with Crippen molar-refractivity contribution in [3.8, 4) is 0 Å². The van der Waals surface area contributed by atoms with Gasteiger partial charge in [0.1, 0.15) is 0 Å². The molecule has 0 unspecified atom stereocenters. The number of hydrogen-bond acceptors (Lipinski definition) is 2. The van der Waals surface area contributed by atoms with Gasteiger partial charge in [0.15, 0.2) is 0 Å². The first-order valence-corrected chi connectivity index (χ1v) is 7.04. The smallest absolute Gasteiger partial charge is 0.237 e. The van der Waals surface area contributed by atoms with E-state index in [-0.39, 0.29) is 11.8 Å². The fourth-order valence-electron chi connectivity index (χ4n) is 2.64. The Morgan fingerprint density at radius 3 is 2.18 bits per heavy atom. The number of carbonyl (C=O) groups is 1. The zero-order chi connectivity index (χ0) is 12.8. The van der Waals surface area contributed by atoms with Crippen LogP contribution in [0.1, 0.15) is 59.8 Å². The van der Waals surface area contributed by atoms with Crippen LogP contribution < -0.4 is 10.9 Å². The van der Waals surface area contributed by atoms with Gasteiger partial charge in [-0.05, 0) is 57.8 Å². The molecule has 1 rings (SSSR count). The fourth-order valence-corrected chi connectivity index (χ4v) is 2.64. The third-order valence-corrected chi connectivity index (χ3v) is 3.51. The highest BCUT2D eigenvalue weighted by molar-refractivity contribution is 5.78. The van der Waals surface area contributed by atoms with Gasteiger partial charge in [-0.3, -0.25) is 10.2 Å². The second kappa shape index (κ2) is 7.00. The molecule has 0 bridgehead atoms. The van der Waals surface area contributed by atoms with Crippen molar-refractivity contribution in [1.82, 2.24) is 10.9 Å². The third kappa shape index (κ3) is 5.53. The van der Waals surface area contributed by atoms with Gasteiger partial charge < -0.3 is 0 Å². The van der Waals surface area contributed by atoms with Crippen LogP contribution in [0.25, 0.3) is 0 Å². The third-order valence-electron chi connectivity index (χ3n) is 3.51. The molecule has 0 aromatic heterocycles. The minimum atomic E-state index is 0.182. The van der Waals surface area contributed by atoms with Crippen LogP contribution in [0.4, 0.5) is 0 Å². The highest BCUT2D eigenvalue weighted by Gasteiger charge is 2.26. The molecule has 1 amide bonds. The van der Waals surface area contributed by atoms with E-state index in [2.05, 4.69) is 24.7 Å². The Hall–Kier alpha value is -0.570. The first-order valence-electron chi connectivity index (χ1n) is 7.04. The van der Waals surface area contributed by atoms with E-state index in [1.807, 2.05) is 13.8 Å². The largest absolute Gasteiger partial charge is 0.291 e. The molecule has 17 heavy (non-hydrogen) atoms. The first-order chi connectivity index (χ1) is 7.99. The summed E-state index contributed by atoms with van der Waals surface area (Å²) in [6, 6.07) is 0.302. The van der Waals surface area contributed by atoms with Gasteiger partial charge in [-0.2, -0.15) is 0 Å². The predicted octanol–water partition coefficient (Wildman–Crippen LogP) is 2.87. The van der Waals surface area contributed by atoms with Crippen molar-refractivity contribution < 1.29 is 4.79 Å². The van der Waals surface area contributed by atoms with Crippen LogP contribution >= 0.6 is 0 Å². The summed E-state index contributed by atoms with van der Waals surface area (Å²) in [6.07, 6.45) is 5.88. The van der Waals surface area contributed by atoms with Crippen LogP contribution in [0, 0.1) is 17.8 Å². The van der Waals surface area contributed by atoms with Gasteiger partial charge in [-0.25, -0.2) is 5.43 Å². The van der Waals surface area contributed by atoms with Gasteiger partial charge in [0.05, 0.1) is 0 Å². The average molecular weight is 240 g/mol. The standard InChI is InChI=1S/C14H28N2O/c1-10(2)9-12-5-7-13(8-6-12)14(17)16-15-11(3)4/h10-13,15H,5-9H2,1-4H3,(H,16,17). The highest BCUT2D eigenvalue weighted by Crippen LogP contribution is 2.32. The van der Waals surface area contributed by atoms with E-state index >= 15 is 0 Å². The minimum absolute atomic E-state index is 0.182. The lowest BCUT2D eigenvalue weighted by Gasteiger charge is -2.29. The fraction of sp³-hybridized carbons (Fsp3) is 0.929. The summed E-state index contributed by atoms with van der Waals surface area (Å²) in [5, 5.41) is 0. The van der Waals surface area contributed by atoms with Crippen molar-refractivity contribution in [3.63, 3.8) is 0 Å². The lowest BCUT2D eigenvalue weighted by Crippen LogP contribution is -2.45.